The standard InChI is InChI=1S/C4H8N2O5/c5-3(9)6(4(10)11)2(8)1-7/h4,7,10-11H,1H2,(H2,5,9). The summed E-state index contributed by atoms with van der Waals surface area (Å²) in [4.78, 5) is 20.6. The Balaban J connectivity index is 4.34. The van der Waals surface area contributed by atoms with Crippen LogP contribution in [0.15, 0.2) is 0 Å². The summed E-state index contributed by atoms with van der Waals surface area (Å²) >= 11 is 0. The van der Waals surface area contributed by atoms with Crippen molar-refractivity contribution in [3.63, 3.8) is 0 Å². The van der Waals surface area contributed by atoms with Crippen LogP contribution >= 0.6 is 0 Å². The molecule has 0 aromatic heterocycles. The first-order valence-corrected chi connectivity index (χ1v) is 2.59. The van der Waals surface area contributed by atoms with Crippen LogP contribution in [0.25, 0.3) is 0 Å². The summed E-state index contributed by atoms with van der Waals surface area (Å²) in [7, 11) is 0. The molecular formula is C4H8N2O5. The molecule has 0 spiro atoms. The molecule has 11 heavy (non-hydrogen) atoms. The summed E-state index contributed by atoms with van der Waals surface area (Å²) in [6, 6.07) is -1.33. The third-order valence-corrected chi connectivity index (χ3v) is 0.872. The van der Waals surface area contributed by atoms with Crippen molar-refractivity contribution >= 4 is 11.9 Å². The van der Waals surface area contributed by atoms with Gasteiger partial charge in [0, 0.05) is 0 Å². The summed E-state index contributed by atoms with van der Waals surface area (Å²) in [5.74, 6) is -1.17. The molecule has 0 saturated carbocycles. The summed E-state index contributed by atoms with van der Waals surface area (Å²) in [5, 5.41) is 24.8. The van der Waals surface area contributed by atoms with Crippen LogP contribution in [0.1, 0.15) is 0 Å². The zero-order valence-electron chi connectivity index (χ0n) is 5.47. The van der Waals surface area contributed by atoms with Crippen molar-refractivity contribution in [1.29, 1.82) is 0 Å². The van der Waals surface area contributed by atoms with E-state index < -0.39 is 25.0 Å². The van der Waals surface area contributed by atoms with Gasteiger partial charge in [-0.3, -0.25) is 4.79 Å². The van der Waals surface area contributed by atoms with E-state index in [-0.39, 0.29) is 4.90 Å². The number of nitrogens with two attached hydrogens (primary N) is 1. The van der Waals surface area contributed by atoms with Crippen molar-refractivity contribution in [3.05, 3.63) is 0 Å². The summed E-state index contributed by atoms with van der Waals surface area (Å²) in [5.41, 5.74) is 4.55. The Labute approximate surface area is 61.6 Å². The molecule has 7 heteroatoms. The lowest BCUT2D eigenvalue weighted by Gasteiger charge is -2.18. The van der Waals surface area contributed by atoms with E-state index in [0.29, 0.717) is 0 Å². The van der Waals surface area contributed by atoms with Gasteiger partial charge in [-0.1, -0.05) is 0 Å². The number of urea groups is 1. The highest BCUT2D eigenvalue weighted by atomic mass is 16.5. The smallest absolute Gasteiger partial charge is 0.325 e. The molecule has 0 radical (unpaired) electrons. The zero-order chi connectivity index (χ0) is 9.02. The number of carbonyl (C=O) groups is 2. The monoisotopic (exact) mass is 164 g/mol. The topological polar surface area (TPSA) is 124 Å². The van der Waals surface area contributed by atoms with Crippen LogP contribution in [0, 0.1) is 0 Å². The van der Waals surface area contributed by atoms with Gasteiger partial charge in [0.2, 0.25) is 6.41 Å². The van der Waals surface area contributed by atoms with Gasteiger partial charge in [0.1, 0.15) is 6.61 Å². The van der Waals surface area contributed by atoms with Crippen LogP contribution in [-0.2, 0) is 4.79 Å². The maximum Gasteiger partial charge on any atom is 0.325 e. The number of hydrogen-bond acceptors (Lipinski definition) is 5. The Morgan fingerprint density at radius 3 is 2.00 bits per heavy atom. The molecule has 0 atom stereocenters. The minimum Gasteiger partial charge on any atom is -0.387 e. The van der Waals surface area contributed by atoms with E-state index >= 15 is 0 Å². The highest BCUT2D eigenvalue weighted by molar-refractivity contribution is 5.94. The maximum absolute atomic E-state index is 10.4. The van der Waals surface area contributed by atoms with Gasteiger partial charge < -0.3 is 21.1 Å². The highest BCUT2D eigenvalue weighted by Gasteiger charge is 2.23. The molecule has 0 rings (SSSR count). The fourth-order valence-corrected chi connectivity index (χ4v) is 0.442. The lowest BCUT2D eigenvalue weighted by molar-refractivity contribution is -0.165. The number of nitrogens with zero attached hydrogens (tertiary/aromatic N) is 1. The zero-order valence-corrected chi connectivity index (χ0v) is 5.47. The van der Waals surface area contributed by atoms with E-state index in [1.807, 2.05) is 0 Å². The largest absolute Gasteiger partial charge is 0.387 e. The second-order valence-electron chi connectivity index (χ2n) is 1.61. The van der Waals surface area contributed by atoms with Crippen LogP contribution in [-0.4, -0.2) is 45.2 Å². The molecule has 0 saturated heterocycles. The number of imide groups is 1. The maximum atomic E-state index is 10.4. The van der Waals surface area contributed by atoms with Crippen molar-refractivity contribution in [3.8, 4) is 0 Å². The Bertz CT molecular complexity index is 168. The second kappa shape index (κ2) is 3.86. The van der Waals surface area contributed by atoms with E-state index in [2.05, 4.69) is 5.73 Å². The Morgan fingerprint density at radius 1 is 1.45 bits per heavy atom. The fourth-order valence-electron chi connectivity index (χ4n) is 0.442. The van der Waals surface area contributed by atoms with Crippen molar-refractivity contribution in [2.75, 3.05) is 6.61 Å². The van der Waals surface area contributed by atoms with Crippen molar-refractivity contribution in [2.24, 2.45) is 5.73 Å². The molecule has 0 aliphatic rings. The average Bonchev–Trinajstić information content (AvgIpc) is 1.85. The van der Waals surface area contributed by atoms with Crippen LogP contribution < -0.4 is 5.73 Å². The molecular weight excluding hydrogens is 156 g/mol. The first-order valence-electron chi connectivity index (χ1n) is 2.59. The van der Waals surface area contributed by atoms with E-state index in [1.54, 1.807) is 0 Å². The second-order valence-corrected chi connectivity index (χ2v) is 1.61. The number of aliphatic hydroxyl groups is 3. The van der Waals surface area contributed by atoms with Crippen molar-refractivity contribution < 1.29 is 24.9 Å². The van der Waals surface area contributed by atoms with Crippen molar-refractivity contribution in [2.45, 2.75) is 6.41 Å². The van der Waals surface area contributed by atoms with E-state index in [0.717, 1.165) is 0 Å². The number of carbonyl (C=O) groups excluding carboxylic acids is 2. The molecule has 5 N–H and O–H groups in total. The molecule has 0 bridgehead atoms. The van der Waals surface area contributed by atoms with E-state index in [9.17, 15) is 9.59 Å². The van der Waals surface area contributed by atoms with Gasteiger partial charge >= 0.3 is 6.03 Å². The first kappa shape index (κ1) is 9.82. The normalized spacial score (nSPS) is 9.82. The lowest BCUT2D eigenvalue weighted by Crippen LogP contribution is -2.48. The van der Waals surface area contributed by atoms with E-state index in [1.165, 1.54) is 0 Å². The SMILES string of the molecule is NC(=O)N(C(=O)CO)C(O)O. The number of primary amides is 1. The molecule has 0 unspecified atom stereocenters. The van der Waals surface area contributed by atoms with Crippen LogP contribution in [0.2, 0.25) is 0 Å². The Kier molecular flexibility index (Phi) is 3.45. The Morgan fingerprint density at radius 2 is 1.91 bits per heavy atom. The third-order valence-electron chi connectivity index (χ3n) is 0.872. The molecule has 0 heterocycles. The van der Waals surface area contributed by atoms with Gasteiger partial charge in [-0.2, -0.15) is 0 Å². The molecule has 7 nitrogen and oxygen atoms in total. The first-order chi connectivity index (χ1) is 5.00. The molecule has 0 aliphatic carbocycles. The highest BCUT2D eigenvalue weighted by Crippen LogP contribution is 1.92. The van der Waals surface area contributed by atoms with Gasteiger partial charge in [-0.25, -0.2) is 9.69 Å². The summed E-state index contributed by atoms with van der Waals surface area (Å²) in [6.07, 6.45) is -2.31. The minimum atomic E-state index is -2.31. The lowest BCUT2D eigenvalue weighted by atomic mass is 10.5. The van der Waals surface area contributed by atoms with E-state index in [4.69, 9.17) is 15.3 Å². The summed E-state index contributed by atoms with van der Waals surface area (Å²) < 4.78 is 0. The van der Waals surface area contributed by atoms with Crippen LogP contribution in [0.4, 0.5) is 4.79 Å². The third kappa shape index (κ3) is 2.50. The minimum absolute atomic E-state index is 0.0833. The average molecular weight is 164 g/mol. The molecule has 0 aromatic carbocycles. The predicted molar refractivity (Wildman–Crippen MR) is 31.7 cm³/mol. The van der Waals surface area contributed by atoms with Gasteiger partial charge in [-0.05, 0) is 0 Å². The quantitative estimate of drug-likeness (QED) is 0.327. The number of aliphatic hydroxyl groups excluding tert-OH is 2. The molecule has 0 aliphatic heterocycles. The van der Waals surface area contributed by atoms with Gasteiger partial charge in [-0.15, -0.1) is 0 Å². The van der Waals surface area contributed by atoms with Crippen molar-refractivity contribution in [1.82, 2.24) is 4.90 Å². The van der Waals surface area contributed by atoms with Crippen LogP contribution in [0.5, 0.6) is 0 Å². The molecule has 3 amide bonds. The fraction of sp³-hybridized carbons (Fsp3) is 0.500. The number of amides is 3. The molecule has 0 aromatic rings. The van der Waals surface area contributed by atoms with Gasteiger partial charge in [0.05, 0.1) is 0 Å². The summed E-state index contributed by atoms with van der Waals surface area (Å²) in [6.45, 7) is -1.01. The number of hydrogen-bond donors (Lipinski definition) is 4. The predicted octanol–water partition coefficient (Wildman–Crippen LogP) is -2.85. The van der Waals surface area contributed by atoms with Gasteiger partial charge in [0.15, 0.2) is 0 Å². The Hall–Kier alpha value is -1.18. The number of rotatable bonds is 2. The van der Waals surface area contributed by atoms with Crippen LogP contribution in [0.3, 0.4) is 0 Å². The van der Waals surface area contributed by atoms with Gasteiger partial charge in [0.25, 0.3) is 5.91 Å². The molecule has 0 fully saturated rings. The molecule has 64 valence electrons.